The predicted octanol–water partition coefficient (Wildman–Crippen LogP) is 6.23. The van der Waals surface area contributed by atoms with Gasteiger partial charge in [-0.15, -0.1) is 0 Å². The molecule has 2 aliphatic rings. The van der Waals surface area contributed by atoms with E-state index in [0.29, 0.717) is 5.82 Å². The Labute approximate surface area is 178 Å². The lowest BCUT2D eigenvalue weighted by Gasteiger charge is -2.46. The lowest BCUT2D eigenvalue weighted by atomic mass is 9.78. The van der Waals surface area contributed by atoms with Gasteiger partial charge in [-0.05, 0) is 25.5 Å². The molecular weight excluding hydrogens is 375 g/mol. The van der Waals surface area contributed by atoms with E-state index < -0.39 is 5.67 Å². The number of nitrogens with zero attached hydrogens (tertiary/aromatic N) is 4. The van der Waals surface area contributed by atoms with Crippen LogP contribution in [0.1, 0.15) is 38.8 Å². The van der Waals surface area contributed by atoms with Crippen LogP contribution in [0.25, 0.3) is 11.4 Å². The lowest BCUT2D eigenvalue weighted by Crippen LogP contribution is -2.53. The molecule has 4 nitrogen and oxygen atoms in total. The first-order valence-electron chi connectivity index (χ1n) is 10.6. The van der Waals surface area contributed by atoms with E-state index >= 15 is 4.39 Å². The molecular formula is C25H29FN4. The van der Waals surface area contributed by atoms with Crippen molar-refractivity contribution in [2.45, 2.75) is 46.5 Å². The molecule has 0 bridgehead atoms. The number of aryl methyl sites for hydroxylation is 1. The number of aromatic nitrogens is 2. The zero-order chi connectivity index (χ0) is 21.6. The third-order valence-electron chi connectivity index (χ3n) is 6.38. The lowest BCUT2D eigenvalue weighted by molar-refractivity contribution is 0.0868. The molecule has 0 amide bonds. The number of anilines is 3. The van der Waals surface area contributed by atoms with Gasteiger partial charge in [0.05, 0.1) is 6.20 Å². The Bertz CT molecular complexity index is 1080. The van der Waals surface area contributed by atoms with Crippen molar-refractivity contribution in [1.82, 2.24) is 9.97 Å². The van der Waals surface area contributed by atoms with Gasteiger partial charge in [-0.2, -0.15) is 0 Å². The molecule has 0 spiro atoms. The Kier molecular flexibility index (Phi) is 5.00. The summed E-state index contributed by atoms with van der Waals surface area (Å²) in [5.74, 6) is 1.31. The van der Waals surface area contributed by atoms with Crippen LogP contribution in [0.5, 0.6) is 0 Å². The van der Waals surface area contributed by atoms with Crippen LogP contribution in [0.4, 0.5) is 21.6 Å². The smallest absolute Gasteiger partial charge is 0.161 e. The summed E-state index contributed by atoms with van der Waals surface area (Å²) in [6.45, 7) is 9.73. The molecule has 0 aliphatic carbocycles. The van der Waals surface area contributed by atoms with Gasteiger partial charge in [-0.3, -0.25) is 0 Å². The minimum atomic E-state index is -1.42. The fourth-order valence-electron chi connectivity index (χ4n) is 4.64. The van der Waals surface area contributed by atoms with Crippen LogP contribution < -0.4 is 9.80 Å². The van der Waals surface area contributed by atoms with Gasteiger partial charge in [0.2, 0.25) is 0 Å². The SMILES string of the molecule is CC.Cc1ccccc1-c1ncc2c(n1)N(C)C1C(C)C(C)(F)c3ccccc3N21. The summed E-state index contributed by atoms with van der Waals surface area (Å²) < 4.78 is 15.8. The number of fused-ring (bicyclic) bond motifs is 5. The largest absolute Gasteiger partial charge is 0.337 e. The molecule has 3 unspecified atom stereocenters. The molecule has 30 heavy (non-hydrogen) atoms. The standard InChI is InChI=1S/C23H23FN4.C2H6/c1-14-9-5-6-10-16(14)20-25-13-19-21(26-20)27(4)22-15(2)23(3,24)17-11-7-8-12-18(17)28(19)22;1-2/h5-13,15,22H,1-4H3;1-2H3. The number of halogens is 1. The summed E-state index contributed by atoms with van der Waals surface area (Å²) in [4.78, 5) is 13.9. The fourth-order valence-corrected chi connectivity index (χ4v) is 4.64. The third kappa shape index (κ3) is 2.79. The highest BCUT2D eigenvalue weighted by Crippen LogP contribution is 2.55. The normalized spacial score (nSPS) is 23.8. The molecule has 156 valence electrons. The molecule has 3 atom stereocenters. The number of rotatable bonds is 1. The van der Waals surface area contributed by atoms with Crippen molar-refractivity contribution in [3.05, 3.63) is 65.9 Å². The molecule has 1 aromatic heterocycles. The Morgan fingerprint density at radius 2 is 1.67 bits per heavy atom. The van der Waals surface area contributed by atoms with E-state index in [1.807, 2.05) is 76.5 Å². The van der Waals surface area contributed by atoms with E-state index in [-0.39, 0.29) is 12.1 Å². The zero-order valence-electron chi connectivity index (χ0n) is 18.5. The van der Waals surface area contributed by atoms with E-state index in [4.69, 9.17) is 4.98 Å². The van der Waals surface area contributed by atoms with Crippen molar-refractivity contribution in [1.29, 1.82) is 0 Å². The number of alkyl halides is 1. The van der Waals surface area contributed by atoms with E-state index in [1.165, 1.54) is 0 Å². The van der Waals surface area contributed by atoms with Crippen LogP contribution in [0.2, 0.25) is 0 Å². The molecule has 0 N–H and O–H groups in total. The van der Waals surface area contributed by atoms with E-state index in [9.17, 15) is 0 Å². The Balaban J connectivity index is 0.00000106. The topological polar surface area (TPSA) is 32.3 Å². The molecule has 0 saturated heterocycles. The second kappa shape index (κ2) is 7.38. The Morgan fingerprint density at radius 3 is 2.40 bits per heavy atom. The first-order valence-corrected chi connectivity index (χ1v) is 10.6. The molecule has 2 aliphatic heterocycles. The minimum absolute atomic E-state index is 0.138. The van der Waals surface area contributed by atoms with Gasteiger partial charge in [0.25, 0.3) is 0 Å². The summed E-state index contributed by atoms with van der Waals surface area (Å²) in [5.41, 5.74) is 3.29. The average molecular weight is 405 g/mol. The average Bonchev–Trinajstić information content (AvgIpc) is 3.06. The van der Waals surface area contributed by atoms with Crippen LogP contribution in [0, 0.1) is 12.8 Å². The van der Waals surface area contributed by atoms with Crippen LogP contribution in [0.3, 0.4) is 0 Å². The van der Waals surface area contributed by atoms with Gasteiger partial charge in [-0.1, -0.05) is 63.2 Å². The van der Waals surface area contributed by atoms with E-state index in [2.05, 4.69) is 27.8 Å². The molecule has 3 aromatic rings. The molecule has 5 rings (SSSR count). The highest BCUT2D eigenvalue weighted by atomic mass is 19.1. The maximum atomic E-state index is 15.8. The summed E-state index contributed by atoms with van der Waals surface area (Å²) in [5, 5.41) is 0. The number of benzene rings is 2. The Morgan fingerprint density at radius 1 is 1.00 bits per heavy atom. The summed E-state index contributed by atoms with van der Waals surface area (Å²) in [6, 6.07) is 15.9. The maximum Gasteiger partial charge on any atom is 0.161 e. The second-order valence-corrected chi connectivity index (χ2v) is 7.99. The van der Waals surface area contributed by atoms with Crippen molar-refractivity contribution in [2.24, 2.45) is 5.92 Å². The highest BCUT2D eigenvalue weighted by molar-refractivity contribution is 5.84. The number of para-hydroxylation sites is 1. The van der Waals surface area contributed by atoms with Crippen molar-refractivity contribution < 1.29 is 4.39 Å². The van der Waals surface area contributed by atoms with Crippen LogP contribution >= 0.6 is 0 Å². The molecule has 0 fully saturated rings. The van der Waals surface area contributed by atoms with Crippen LogP contribution in [-0.4, -0.2) is 23.2 Å². The third-order valence-corrected chi connectivity index (χ3v) is 6.38. The molecule has 0 radical (unpaired) electrons. The zero-order valence-corrected chi connectivity index (χ0v) is 18.5. The molecule has 0 saturated carbocycles. The maximum absolute atomic E-state index is 15.8. The quantitative estimate of drug-likeness (QED) is 0.481. The second-order valence-electron chi connectivity index (χ2n) is 7.99. The first-order chi connectivity index (χ1) is 14.4. The van der Waals surface area contributed by atoms with Crippen molar-refractivity contribution in [3.63, 3.8) is 0 Å². The summed E-state index contributed by atoms with van der Waals surface area (Å²) >= 11 is 0. The molecule has 3 heterocycles. The van der Waals surface area contributed by atoms with E-state index in [0.717, 1.165) is 33.9 Å². The molecule has 5 heteroatoms. The van der Waals surface area contributed by atoms with Gasteiger partial charge < -0.3 is 9.80 Å². The number of hydrogen-bond donors (Lipinski definition) is 0. The van der Waals surface area contributed by atoms with Crippen LogP contribution in [0.15, 0.2) is 54.7 Å². The van der Waals surface area contributed by atoms with Crippen molar-refractivity contribution in [2.75, 3.05) is 16.8 Å². The Hall–Kier alpha value is -2.95. The minimum Gasteiger partial charge on any atom is -0.337 e. The van der Waals surface area contributed by atoms with Crippen molar-refractivity contribution in [3.8, 4) is 11.4 Å². The van der Waals surface area contributed by atoms with E-state index in [1.54, 1.807) is 6.92 Å². The molecule has 2 aromatic carbocycles. The van der Waals surface area contributed by atoms with Gasteiger partial charge in [0.15, 0.2) is 11.6 Å². The van der Waals surface area contributed by atoms with Crippen molar-refractivity contribution >= 4 is 17.2 Å². The fraction of sp³-hybridized carbons (Fsp3) is 0.360. The number of hydrogen-bond acceptors (Lipinski definition) is 4. The van der Waals surface area contributed by atoms with Gasteiger partial charge in [0.1, 0.15) is 17.5 Å². The van der Waals surface area contributed by atoms with Gasteiger partial charge in [0, 0.05) is 29.8 Å². The van der Waals surface area contributed by atoms with Gasteiger partial charge in [-0.25, -0.2) is 14.4 Å². The highest BCUT2D eigenvalue weighted by Gasteiger charge is 2.52. The van der Waals surface area contributed by atoms with Gasteiger partial charge >= 0.3 is 0 Å². The summed E-state index contributed by atoms with van der Waals surface area (Å²) in [7, 11) is 2.00. The predicted molar refractivity (Wildman–Crippen MR) is 122 cm³/mol. The summed E-state index contributed by atoms with van der Waals surface area (Å²) in [6.07, 6.45) is 1.74. The first kappa shape index (κ1) is 20.3. The van der Waals surface area contributed by atoms with Crippen LogP contribution in [-0.2, 0) is 5.67 Å². The monoisotopic (exact) mass is 404 g/mol.